The lowest BCUT2D eigenvalue weighted by atomic mass is 10.0. The van der Waals surface area contributed by atoms with Crippen molar-refractivity contribution in [2.24, 2.45) is 16.7 Å². The molecule has 1 aliphatic carbocycles. The van der Waals surface area contributed by atoms with Crippen molar-refractivity contribution in [2.45, 2.75) is 40.7 Å². The first kappa shape index (κ1) is 14.1. The minimum atomic E-state index is -0.185. The standard InChI is InChI=1S/C14H24N2O/c1-7-8-15-12(17)10(2)16-9-11-13(3,4)14(11,5)6/h1,10-11,16H,8-9H2,2-6H3,(H,15,17). The van der Waals surface area contributed by atoms with Gasteiger partial charge in [0.25, 0.3) is 0 Å². The van der Waals surface area contributed by atoms with Gasteiger partial charge in [0.1, 0.15) is 0 Å². The van der Waals surface area contributed by atoms with Gasteiger partial charge in [-0.15, -0.1) is 6.42 Å². The summed E-state index contributed by atoms with van der Waals surface area (Å²) in [6.07, 6.45) is 5.10. The van der Waals surface area contributed by atoms with Gasteiger partial charge in [0.05, 0.1) is 12.6 Å². The van der Waals surface area contributed by atoms with Crippen LogP contribution in [-0.2, 0) is 4.79 Å². The highest BCUT2D eigenvalue weighted by molar-refractivity contribution is 5.81. The summed E-state index contributed by atoms with van der Waals surface area (Å²) in [5.41, 5.74) is 0.712. The monoisotopic (exact) mass is 236 g/mol. The Morgan fingerprint density at radius 2 is 1.88 bits per heavy atom. The largest absolute Gasteiger partial charge is 0.344 e. The number of terminal acetylenes is 1. The van der Waals surface area contributed by atoms with E-state index in [2.05, 4.69) is 44.2 Å². The van der Waals surface area contributed by atoms with Gasteiger partial charge in [0, 0.05) is 0 Å². The van der Waals surface area contributed by atoms with Crippen LogP contribution in [0.3, 0.4) is 0 Å². The van der Waals surface area contributed by atoms with Gasteiger partial charge in [-0.3, -0.25) is 4.79 Å². The Hall–Kier alpha value is -1.01. The summed E-state index contributed by atoms with van der Waals surface area (Å²) in [6, 6.07) is -0.185. The predicted molar refractivity (Wildman–Crippen MR) is 70.4 cm³/mol. The first-order chi connectivity index (χ1) is 7.75. The van der Waals surface area contributed by atoms with E-state index in [0.29, 0.717) is 23.3 Å². The molecule has 0 spiro atoms. The second-order valence-electron chi connectivity index (χ2n) is 6.05. The van der Waals surface area contributed by atoms with Crippen molar-refractivity contribution in [3.05, 3.63) is 0 Å². The van der Waals surface area contributed by atoms with E-state index in [-0.39, 0.29) is 11.9 Å². The van der Waals surface area contributed by atoms with Crippen LogP contribution in [0.25, 0.3) is 0 Å². The van der Waals surface area contributed by atoms with Gasteiger partial charge in [0.15, 0.2) is 0 Å². The molecule has 0 aromatic rings. The highest BCUT2D eigenvalue weighted by Gasteiger charge is 2.63. The molecule has 0 heterocycles. The van der Waals surface area contributed by atoms with Crippen LogP contribution in [0.1, 0.15) is 34.6 Å². The van der Waals surface area contributed by atoms with E-state index in [1.54, 1.807) is 0 Å². The molecule has 1 atom stereocenters. The molecule has 1 unspecified atom stereocenters. The number of nitrogens with one attached hydrogen (secondary N) is 2. The van der Waals surface area contributed by atoms with Gasteiger partial charge in [-0.1, -0.05) is 33.6 Å². The lowest BCUT2D eigenvalue weighted by molar-refractivity contribution is -0.122. The fraction of sp³-hybridized carbons (Fsp3) is 0.786. The molecular weight excluding hydrogens is 212 g/mol. The number of carbonyl (C=O) groups is 1. The second-order valence-corrected chi connectivity index (χ2v) is 6.05. The molecule has 0 aromatic heterocycles. The van der Waals surface area contributed by atoms with Crippen LogP contribution in [0.2, 0.25) is 0 Å². The minimum Gasteiger partial charge on any atom is -0.344 e. The van der Waals surface area contributed by atoms with E-state index >= 15 is 0 Å². The molecule has 3 nitrogen and oxygen atoms in total. The number of carbonyl (C=O) groups excluding carboxylic acids is 1. The van der Waals surface area contributed by atoms with E-state index in [9.17, 15) is 4.79 Å². The third-order valence-electron chi connectivity index (χ3n) is 4.71. The Labute approximate surface area is 105 Å². The van der Waals surface area contributed by atoms with Gasteiger partial charge in [-0.2, -0.15) is 0 Å². The lowest BCUT2D eigenvalue weighted by Gasteiger charge is -2.13. The van der Waals surface area contributed by atoms with E-state index in [1.165, 1.54) is 0 Å². The summed E-state index contributed by atoms with van der Waals surface area (Å²) < 4.78 is 0. The Balaban J connectivity index is 2.33. The number of hydrogen-bond acceptors (Lipinski definition) is 2. The molecule has 0 radical (unpaired) electrons. The van der Waals surface area contributed by atoms with Crippen molar-refractivity contribution >= 4 is 5.91 Å². The van der Waals surface area contributed by atoms with Crippen LogP contribution in [0.5, 0.6) is 0 Å². The Kier molecular flexibility index (Phi) is 3.88. The summed E-state index contributed by atoms with van der Waals surface area (Å²) in [7, 11) is 0. The SMILES string of the molecule is C#CCNC(=O)C(C)NCC1C(C)(C)C1(C)C. The molecule has 1 saturated carbocycles. The van der Waals surface area contributed by atoms with E-state index in [0.717, 1.165) is 6.54 Å². The zero-order chi connectivity index (χ0) is 13.3. The molecule has 96 valence electrons. The van der Waals surface area contributed by atoms with Crippen LogP contribution in [0.15, 0.2) is 0 Å². The van der Waals surface area contributed by atoms with Crippen molar-refractivity contribution in [1.29, 1.82) is 0 Å². The van der Waals surface area contributed by atoms with Crippen LogP contribution in [0, 0.1) is 29.1 Å². The molecule has 1 rings (SSSR count). The van der Waals surface area contributed by atoms with Crippen molar-refractivity contribution in [1.82, 2.24) is 10.6 Å². The highest BCUT2D eigenvalue weighted by atomic mass is 16.2. The molecule has 3 heteroatoms. The summed E-state index contributed by atoms with van der Waals surface area (Å²) >= 11 is 0. The van der Waals surface area contributed by atoms with Crippen LogP contribution in [0.4, 0.5) is 0 Å². The topological polar surface area (TPSA) is 41.1 Å². The third-order valence-corrected chi connectivity index (χ3v) is 4.71. The van der Waals surface area contributed by atoms with Gasteiger partial charge >= 0.3 is 0 Å². The van der Waals surface area contributed by atoms with E-state index < -0.39 is 0 Å². The molecule has 1 amide bonds. The molecule has 0 saturated heterocycles. The van der Waals surface area contributed by atoms with Crippen molar-refractivity contribution < 1.29 is 4.79 Å². The number of hydrogen-bond donors (Lipinski definition) is 2. The third kappa shape index (κ3) is 2.63. The normalized spacial score (nSPS) is 22.6. The van der Waals surface area contributed by atoms with Crippen molar-refractivity contribution in [3.63, 3.8) is 0 Å². The number of rotatable bonds is 5. The van der Waals surface area contributed by atoms with Gasteiger partial charge in [-0.05, 0) is 30.2 Å². The summed E-state index contributed by atoms with van der Waals surface area (Å²) in [4.78, 5) is 11.6. The first-order valence-corrected chi connectivity index (χ1v) is 6.19. The molecule has 0 bridgehead atoms. The zero-order valence-electron chi connectivity index (χ0n) is 11.6. The quantitative estimate of drug-likeness (QED) is 0.708. The fourth-order valence-corrected chi connectivity index (χ4v) is 2.52. The Bertz CT molecular complexity index is 325. The maximum absolute atomic E-state index is 11.6. The first-order valence-electron chi connectivity index (χ1n) is 6.19. The Morgan fingerprint density at radius 1 is 1.35 bits per heavy atom. The maximum atomic E-state index is 11.6. The Morgan fingerprint density at radius 3 is 2.29 bits per heavy atom. The average molecular weight is 236 g/mol. The van der Waals surface area contributed by atoms with Crippen molar-refractivity contribution in [3.8, 4) is 12.3 Å². The predicted octanol–water partition coefficient (Wildman–Crippen LogP) is 1.40. The molecule has 2 N–H and O–H groups in total. The molecule has 0 aromatic carbocycles. The molecule has 1 aliphatic rings. The van der Waals surface area contributed by atoms with Crippen LogP contribution < -0.4 is 10.6 Å². The second kappa shape index (κ2) is 4.70. The smallest absolute Gasteiger partial charge is 0.237 e. The zero-order valence-corrected chi connectivity index (χ0v) is 11.6. The van der Waals surface area contributed by atoms with E-state index in [4.69, 9.17) is 6.42 Å². The van der Waals surface area contributed by atoms with Gasteiger partial charge in [-0.25, -0.2) is 0 Å². The number of amides is 1. The van der Waals surface area contributed by atoms with Gasteiger partial charge in [0.2, 0.25) is 5.91 Å². The average Bonchev–Trinajstić information content (AvgIpc) is 2.63. The minimum absolute atomic E-state index is 0.0285. The van der Waals surface area contributed by atoms with E-state index in [1.807, 2.05) is 6.92 Å². The lowest BCUT2D eigenvalue weighted by Crippen LogP contribution is -2.43. The van der Waals surface area contributed by atoms with Crippen molar-refractivity contribution in [2.75, 3.05) is 13.1 Å². The summed E-state index contributed by atoms with van der Waals surface area (Å²) in [5.74, 6) is 2.99. The summed E-state index contributed by atoms with van der Waals surface area (Å²) in [6.45, 7) is 12.2. The summed E-state index contributed by atoms with van der Waals surface area (Å²) in [5, 5.41) is 5.96. The highest BCUT2D eigenvalue weighted by Crippen LogP contribution is 2.67. The fourth-order valence-electron chi connectivity index (χ4n) is 2.52. The van der Waals surface area contributed by atoms with Crippen LogP contribution >= 0.6 is 0 Å². The van der Waals surface area contributed by atoms with Gasteiger partial charge < -0.3 is 10.6 Å². The van der Waals surface area contributed by atoms with Crippen LogP contribution in [-0.4, -0.2) is 25.0 Å². The molecular formula is C14H24N2O. The maximum Gasteiger partial charge on any atom is 0.237 e. The molecule has 0 aliphatic heterocycles. The molecule has 17 heavy (non-hydrogen) atoms. The molecule has 1 fully saturated rings.